The number of anilines is 2. The van der Waals surface area contributed by atoms with E-state index in [4.69, 9.17) is 23.2 Å². The predicted molar refractivity (Wildman–Crippen MR) is 85.8 cm³/mol. The van der Waals surface area contributed by atoms with Gasteiger partial charge in [-0.05, 0) is 30.3 Å². The fourth-order valence-electron chi connectivity index (χ4n) is 1.71. The minimum Gasteiger partial charge on any atom is -0.376 e. The summed E-state index contributed by atoms with van der Waals surface area (Å²) >= 11 is 11.9. The summed E-state index contributed by atoms with van der Waals surface area (Å²) in [6, 6.07) is 7.78. The molecule has 0 saturated carbocycles. The van der Waals surface area contributed by atoms with E-state index in [1.807, 2.05) is 19.0 Å². The lowest BCUT2D eigenvalue weighted by Gasteiger charge is -2.16. The Labute approximate surface area is 133 Å². The highest BCUT2D eigenvalue weighted by atomic mass is 35.5. The average molecular weight is 346 g/mol. The second-order valence-corrected chi connectivity index (χ2v) is 6.87. The summed E-state index contributed by atoms with van der Waals surface area (Å²) in [5, 5.41) is 0.360. The van der Waals surface area contributed by atoms with Gasteiger partial charge in [-0.25, -0.2) is 13.4 Å². The first kappa shape index (κ1) is 15.9. The van der Waals surface area contributed by atoms with E-state index in [0.29, 0.717) is 10.7 Å². The molecule has 0 unspecified atom stereocenters. The molecule has 1 aromatic heterocycles. The highest BCUT2D eigenvalue weighted by Gasteiger charge is 2.19. The summed E-state index contributed by atoms with van der Waals surface area (Å²) in [4.78, 5) is 5.50. The zero-order valence-electron chi connectivity index (χ0n) is 11.3. The monoisotopic (exact) mass is 345 g/mol. The normalized spacial score (nSPS) is 11.2. The number of nitrogens with zero attached hydrogens (tertiary/aromatic N) is 2. The molecule has 0 aliphatic carbocycles. The molecule has 1 N–H and O–H groups in total. The van der Waals surface area contributed by atoms with Gasteiger partial charge in [-0.3, -0.25) is 4.72 Å². The zero-order chi connectivity index (χ0) is 15.6. The van der Waals surface area contributed by atoms with Gasteiger partial charge in [-0.2, -0.15) is 0 Å². The Kier molecular flexibility index (Phi) is 4.61. The topological polar surface area (TPSA) is 62.3 Å². The summed E-state index contributed by atoms with van der Waals surface area (Å²) in [5.74, 6) is 0. The number of nitrogens with one attached hydrogen (secondary N) is 1. The number of aromatic nitrogens is 1. The van der Waals surface area contributed by atoms with Gasteiger partial charge in [0.25, 0.3) is 10.0 Å². The molecule has 0 bridgehead atoms. The molecule has 2 aromatic rings. The molecule has 8 heteroatoms. The molecule has 0 saturated heterocycles. The number of hydrogen-bond donors (Lipinski definition) is 1. The summed E-state index contributed by atoms with van der Waals surface area (Å²) in [7, 11) is -0.115. The van der Waals surface area contributed by atoms with Crippen LogP contribution in [-0.2, 0) is 10.0 Å². The van der Waals surface area contributed by atoms with E-state index in [0.717, 1.165) is 5.69 Å². The van der Waals surface area contributed by atoms with Crippen molar-refractivity contribution in [1.82, 2.24) is 4.98 Å². The van der Waals surface area contributed by atoms with E-state index in [2.05, 4.69) is 9.71 Å². The lowest BCUT2D eigenvalue weighted by Crippen LogP contribution is -2.14. The van der Waals surface area contributed by atoms with Crippen molar-refractivity contribution in [1.29, 1.82) is 0 Å². The van der Waals surface area contributed by atoms with Gasteiger partial charge in [-0.15, -0.1) is 0 Å². The summed E-state index contributed by atoms with van der Waals surface area (Å²) < 4.78 is 27.0. The highest BCUT2D eigenvalue weighted by molar-refractivity contribution is 7.92. The molecular formula is C13H13Cl2N3O2S. The number of benzene rings is 1. The largest absolute Gasteiger partial charge is 0.376 e. The Bertz CT molecular complexity index is 764. The van der Waals surface area contributed by atoms with E-state index in [9.17, 15) is 8.42 Å². The van der Waals surface area contributed by atoms with Crippen molar-refractivity contribution in [3.05, 3.63) is 46.7 Å². The van der Waals surface area contributed by atoms with Crippen molar-refractivity contribution in [2.24, 2.45) is 0 Å². The third kappa shape index (κ3) is 3.58. The molecule has 0 aliphatic rings. The average Bonchev–Trinajstić information content (AvgIpc) is 2.38. The molecule has 21 heavy (non-hydrogen) atoms. The summed E-state index contributed by atoms with van der Waals surface area (Å²) in [6.45, 7) is 0. The van der Waals surface area contributed by atoms with E-state index in [1.165, 1.54) is 18.3 Å². The smallest absolute Gasteiger partial charge is 0.264 e. The maximum absolute atomic E-state index is 12.3. The molecule has 5 nitrogen and oxygen atoms in total. The zero-order valence-corrected chi connectivity index (χ0v) is 13.7. The van der Waals surface area contributed by atoms with Gasteiger partial charge in [0.2, 0.25) is 0 Å². The SMILES string of the molecule is CN(C)c1ccc(NS(=O)(=O)c2cccnc2Cl)cc1Cl. The van der Waals surface area contributed by atoms with Crippen LogP contribution in [0.1, 0.15) is 0 Å². The Morgan fingerprint density at radius 2 is 1.90 bits per heavy atom. The third-order valence-electron chi connectivity index (χ3n) is 2.70. The third-order valence-corrected chi connectivity index (χ3v) is 4.82. The Morgan fingerprint density at radius 3 is 2.48 bits per heavy atom. The van der Waals surface area contributed by atoms with Crippen molar-refractivity contribution in [3.8, 4) is 0 Å². The first-order valence-electron chi connectivity index (χ1n) is 5.91. The van der Waals surface area contributed by atoms with Gasteiger partial charge in [0.05, 0.1) is 16.4 Å². The lowest BCUT2D eigenvalue weighted by atomic mass is 10.3. The van der Waals surface area contributed by atoms with Crippen molar-refractivity contribution < 1.29 is 8.42 Å². The van der Waals surface area contributed by atoms with Crippen LogP contribution in [0.2, 0.25) is 10.2 Å². The molecule has 0 fully saturated rings. The Morgan fingerprint density at radius 1 is 1.19 bits per heavy atom. The maximum atomic E-state index is 12.3. The minimum atomic E-state index is -3.81. The van der Waals surface area contributed by atoms with Gasteiger partial charge in [0.1, 0.15) is 10.0 Å². The molecule has 1 heterocycles. The number of pyridine rings is 1. The second-order valence-electron chi connectivity index (χ2n) is 4.46. The van der Waals surface area contributed by atoms with E-state index in [1.54, 1.807) is 18.2 Å². The summed E-state index contributed by atoms with van der Waals surface area (Å²) in [6.07, 6.45) is 1.42. The number of hydrogen-bond acceptors (Lipinski definition) is 4. The van der Waals surface area contributed by atoms with Crippen LogP contribution < -0.4 is 9.62 Å². The molecule has 0 radical (unpaired) electrons. The van der Waals surface area contributed by atoms with Crippen molar-refractivity contribution in [3.63, 3.8) is 0 Å². The van der Waals surface area contributed by atoms with E-state index in [-0.39, 0.29) is 10.0 Å². The Hall–Kier alpha value is -1.50. The van der Waals surface area contributed by atoms with Gasteiger partial charge >= 0.3 is 0 Å². The number of sulfonamides is 1. The lowest BCUT2D eigenvalue weighted by molar-refractivity contribution is 0.601. The van der Waals surface area contributed by atoms with Crippen LogP contribution in [0.4, 0.5) is 11.4 Å². The summed E-state index contributed by atoms with van der Waals surface area (Å²) in [5.41, 5.74) is 1.14. The quantitative estimate of drug-likeness (QED) is 0.864. The first-order chi connectivity index (χ1) is 9.81. The van der Waals surface area contributed by atoms with Crippen LogP contribution in [0, 0.1) is 0 Å². The number of halogens is 2. The van der Waals surface area contributed by atoms with Crippen LogP contribution >= 0.6 is 23.2 Å². The standard InChI is InChI=1S/C13H13Cl2N3O2S/c1-18(2)11-6-5-9(8-10(11)14)17-21(19,20)12-4-3-7-16-13(12)15/h3-8,17H,1-2H3. The van der Waals surface area contributed by atoms with E-state index < -0.39 is 10.0 Å². The minimum absolute atomic E-state index is 0.0824. The van der Waals surface area contributed by atoms with E-state index >= 15 is 0 Å². The molecule has 2 rings (SSSR count). The van der Waals surface area contributed by atoms with Gasteiger partial charge in [0, 0.05) is 20.3 Å². The molecule has 1 aromatic carbocycles. The van der Waals surface area contributed by atoms with Crippen LogP contribution in [0.3, 0.4) is 0 Å². The molecule has 0 spiro atoms. The second kappa shape index (κ2) is 6.09. The van der Waals surface area contributed by atoms with Crippen LogP contribution in [0.5, 0.6) is 0 Å². The molecule has 0 amide bonds. The maximum Gasteiger partial charge on any atom is 0.264 e. The highest BCUT2D eigenvalue weighted by Crippen LogP contribution is 2.29. The van der Waals surface area contributed by atoms with Crippen molar-refractivity contribution in [2.45, 2.75) is 4.90 Å². The van der Waals surface area contributed by atoms with Crippen LogP contribution in [0.25, 0.3) is 0 Å². The Balaban J connectivity index is 2.34. The fraction of sp³-hybridized carbons (Fsp3) is 0.154. The van der Waals surface area contributed by atoms with Gasteiger partial charge in [-0.1, -0.05) is 23.2 Å². The van der Waals surface area contributed by atoms with Crippen LogP contribution in [-0.4, -0.2) is 27.5 Å². The van der Waals surface area contributed by atoms with Crippen molar-refractivity contribution >= 4 is 44.6 Å². The molecular weight excluding hydrogens is 333 g/mol. The predicted octanol–water partition coefficient (Wildman–Crippen LogP) is 3.26. The van der Waals surface area contributed by atoms with Crippen LogP contribution in [0.15, 0.2) is 41.4 Å². The number of rotatable bonds is 4. The van der Waals surface area contributed by atoms with Crippen molar-refractivity contribution in [2.75, 3.05) is 23.7 Å². The molecule has 0 aliphatic heterocycles. The molecule has 112 valence electrons. The first-order valence-corrected chi connectivity index (χ1v) is 8.15. The fourth-order valence-corrected chi connectivity index (χ4v) is 3.57. The van der Waals surface area contributed by atoms with Gasteiger partial charge in [0.15, 0.2) is 0 Å². The molecule has 0 atom stereocenters. The van der Waals surface area contributed by atoms with Gasteiger partial charge < -0.3 is 4.90 Å².